The topological polar surface area (TPSA) is 45.2 Å². The normalized spacial score (nSPS) is 16.2. The highest BCUT2D eigenvalue weighted by atomic mass is 32.1. The number of nitrogens with zero attached hydrogens (tertiary/aromatic N) is 2. The monoisotopic (exact) mass is 279 g/mol. The Morgan fingerprint density at radius 2 is 2.11 bits per heavy atom. The second-order valence-electron chi connectivity index (χ2n) is 5.20. The van der Waals surface area contributed by atoms with E-state index in [-0.39, 0.29) is 5.78 Å². The van der Waals surface area contributed by atoms with E-state index in [1.54, 1.807) is 12.3 Å². The molecule has 104 valence electrons. The summed E-state index contributed by atoms with van der Waals surface area (Å²) in [5.41, 5.74) is 0.818. The molecule has 19 heavy (non-hydrogen) atoms. The zero-order valence-electron chi connectivity index (χ0n) is 11.8. The van der Waals surface area contributed by atoms with Gasteiger partial charge in [-0.15, -0.1) is 0 Å². The van der Waals surface area contributed by atoms with Gasteiger partial charge in [0.15, 0.2) is 10.9 Å². The Labute approximate surface area is 118 Å². The van der Waals surface area contributed by atoms with Crippen LogP contribution in [0.15, 0.2) is 12.3 Å². The highest BCUT2D eigenvalue weighted by molar-refractivity contribution is 7.17. The van der Waals surface area contributed by atoms with Gasteiger partial charge in [0.25, 0.3) is 0 Å². The Morgan fingerprint density at radius 3 is 2.74 bits per heavy atom. The van der Waals surface area contributed by atoms with Gasteiger partial charge in [0.2, 0.25) is 0 Å². The van der Waals surface area contributed by atoms with Crippen molar-refractivity contribution in [3.63, 3.8) is 0 Å². The largest absolute Gasteiger partial charge is 0.383 e. The maximum atomic E-state index is 12.0. The first-order chi connectivity index (χ1) is 9.06. The van der Waals surface area contributed by atoms with Gasteiger partial charge >= 0.3 is 0 Å². The third-order valence-electron chi connectivity index (χ3n) is 3.23. The number of carbonyl (C=O) groups is 1. The van der Waals surface area contributed by atoms with Crippen molar-refractivity contribution in [3.8, 4) is 0 Å². The van der Waals surface area contributed by atoms with E-state index in [1.807, 2.05) is 25.9 Å². The van der Waals surface area contributed by atoms with Crippen LogP contribution in [0.1, 0.15) is 41.0 Å². The zero-order chi connectivity index (χ0) is 13.8. The summed E-state index contributed by atoms with van der Waals surface area (Å²) in [6.45, 7) is 1.90. The van der Waals surface area contributed by atoms with Gasteiger partial charge in [-0.1, -0.05) is 24.2 Å². The van der Waals surface area contributed by atoms with Crippen LogP contribution in [0.3, 0.4) is 0 Å². The summed E-state index contributed by atoms with van der Waals surface area (Å²) in [5, 5.41) is 4.32. The number of nitrogens with one attached hydrogen (secondary N) is 1. The molecule has 1 aliphatic rings. The predicted octanol–water partition coefficient (Wildman–Crippen LogP) is 3.06. The van der Waals surface area contributed by atoms with Gasteiger partial charge in [-0.3, -0.25) is 4.79 Å². The molecule has 2 rings (SSSR count). The Bertz CT molecular complexity index is 473. The lowest BCUT2D eigenvalue weighted by Crippen LogP contribution is -2.13. The molecule has 0 aliphatic heterocycles. The van der Waals surface area contributed by atoms with Crippen molar-refractivity contribution >= 4 is 22.3 Å². The molecule has 4 nitrogen and oxygen atoms in total. The van der Waals surface area contributed by atoms with Crippen molar-refractivity contribution in [3.05, 3.63) is 22.8 Å². The van der Waals surface area contributed by atoms with Crippen LogP contribution in [-0.2, 0) is 0 Å². The Kier molecular flexibility index (Phi) is 4.58. The summed E-state index contributed by atoms with van der Waals surface area (Å²) in [4.78, 5) is 19.1. The van der Waals surface area contributed by atoms with E-state index in [9.17, 15) is 4.79 Å². The maximum Gasteiger partial charge on any atom is 0.199 e. The molecule has 1 saturated carbocycles. The fourth-order valence-electron chi connectivity index (χ4n) is 2.22. The highest BCUT2D eigenvalue weighted by Crippen LogP contribution is 2.27. The van der Waals surface area contributed by atoms with E-state index < -0.39 is 0 Å². The molecule has 0 unspecified atom stereocenters. The second kappa shape index (κ2) is 6.19. The third kappa shape index (κ3) is 3.80. The predicted molar refractivity (Wildman–Crippen MR) is 79.9 cm³/mol. The standard InChI is InChI=1S/C14H21N3OS/c1-10-13(12(18)8-9-17(2)3)19-14(15-10)16-11-6-4-5-7-11/h8-9,11H,4-7H2,1-3H3,(H,15,16). The zero-order valence-corrected chi connectivity index (χ0v) is 12.6. The van der Waals surface area contributed by atoms with Gasteiger partial charge in [0.05, 0.1) is 10.6 Å². The second-order valence-corrected chi connectivity index (χ2v) is 6.20. The summed E-state index contributed by atoms with van der Waals surface area (Å²) in [6.07, 6.45) is 8.37. The lowest BCUT2D eigenvalue weighted by molar-refractivity contribution is 0.104. The molecule has 1 aliphatic carbocycles. The van der Waals surface area contributed by atoms with Crippen LogP contribution in [0.2, 0.25) is 0 Å². The van der Waals surface area contributed by atoms with Gasteiger partial charge in [-0.05, 0) is 19.8 Å². The first kappa shape index (κ1) is 14.1. The van der Waals surface area contributed by atoms with E-state index in [4.69, 9.17) is 0 Å². The number of allylic oxidation sites excluding steroid dienone is 1. The van der Waals surface area contributed by atoms with Gasteiger partial charge in [0, 0.05) is 32.4 Å². The SMILES string of the molecule is Cc1nc(NC2CCCC2)sc1C(=O)C=CN(C)C. The van der Waals surface area contributed by atoms with Crippen molar-refractivity contribution in [2.24, 2.45) is 0 Å². The molecule has 1 aromatic rings. The number of thiazole rings is 1. The molecule has 0 atom stereocenters. The van der Waals surface area contributed by atoms with Gasteiger partial charge in [0.1, 0.15) is 0 Å². The number of ketones is 1. The Balaban J connectivity index is 2.05. The third-order valence-corrected chi connectivity index (χ3v) is 4.33. The lowest BCUT2D eigenvalue weighted by atomic mass is 10.2. The van der Waals surface area contributed by atoms with E-state index >= 15 is 0 Å². The number of aromatic nitrogens is 1. The summed E-state index contributed by atoms with van der Waals surface area (Å²) in [7, 11) is 3.80. The van der Waals surface area contributed by atoms with E-state index in [2.05, 4.69) is 10.3 Å². The fourth-order valence-corrected chi connectivity index (χ4v) is 3.19. The summed E-state index contributed by atoms with van der Waals surface area (Å²) in [5.74, 6) is 0.0307. The van der Waals surface area contributed by atoms with E-state index in [0.717, 1.165) is 15.7 Å². The van der Waals surface area contributed by atoms with Crippen molar-refractivity contribution < 1.29 is 4.79 Å². The maximum absolute atomic E-state index is 12.0. The molecule has 5 heteroatoms. The summed E-state index contributed by atoms with van der Waals surface area (Å²) >= 11 is 1.46. The molecule has 0 amide bonds. The quantitative estimate of drug-likeness (QED) is 0.664. The van der Waals surface area contributed by atoms with Gasteiger partial charge in [-0.2, -0.15) is 0 Å². The molecular formula is C14H21N3OS. The van der Waals surface area contributed by atoms with Crippen molar-refractivity contribution in [2.45, 2.75) is 38.6 Å². The summed E-state index contributed by atoms with van der Waals surface area (Å²) < 4.78 is 0. The first-order valence-corrected chi connectivity index (χ1v) is 7.51. The van der Waals surface area contributed by atoms with Gasteiger partial charge in [-0.25, -0.2) is 4.98 Å². The average Bonchev–Trinajstić information content (AvgIpc) is 2.96. The van der Waals surface area contributed by atoms with Crippen LogP contribution in [0.5, 0.6) is 0 Å². The van der Waals surface area contributed by atoms with Crippen molar-refractivity contribution in [2.75, 3.05) is 19.4 Å². The molecule has 1 heterocycles. The minimum absolute atomic E-state index is 0.0307. The molecule has 0 spiro atoms. The number of hydrogen-bond donors (Lipinski definition) is 1. The number of hydrogen-bond acceptors (Lipinski definition) is 5. The number of rotatable bonds is 5. The van der Waals surface area contributed by atoms with E-state index in [0.29, 0.717) is 6.04 Å². The van der Waals surface area contributed by atoms with Crippen LogP contribution in [-0.4, -0.2) is 35.8 Å². The smallest absolute Gasteiger partial charge is 0.199 e. The van der Waals surface area contributed by atoms with Crippen LogP contribution in [0.4, 0.5) is 5.13 Å². The fraction of sp³-hybridized carbons (Fsp3) is 0.571. The van der Waals surface area contributed by atoms with Gasteiger partial charge < -0.3 is 10.2 Å². The summed E-state index contributed by atoms with van der Waals surface area (Å²) in [6, 6.07) is 0.533. The molecule has 0 aromatic carbocycles. The number of anilines is 1. The number of aryl methyl sites for hydroxylation is 1. The molecule has 0 saturated heterocycles. The molecular weight excluding hydrogens is 258 g/mol. The van der Waals surface area contributed by atoms with Crippen molar-refractivity contribution in [1.29, 1.82) is 0 Å². The molecule has 1 fully saturated rings. The molecule has 0 bridgehead atoms. The van der Waals surface area contributed by atoms with E-state index in [1.165, 1.54) is 37.0 Å². The first-order valence-electron chi connectivity index (χ1n) is 6.69. The molecule has 1 N–H and O–H groups in total. The minimum atomic E-state index is 0.0307. The average molecular weight is 279 g/mol. The van der Waals surface area contributed by atoms with Crippen LogP contribution in [0, 0.1) is 6.92 Å². The van der Waals surface area contributed by atoms with Crippen LogP contribution < -0.4 is 5.32 Å². The molecule has 0 radical (unpaired) electrons. The lowest BCUT2D eigenvalue weighted by Gasteiger charge is -2.09. The van der Waals surface area contributed by atoms with Crippen LogP contribution in [0.25, 0.3) is 0 Å². The minimum Gasteiger partial charge on any atom is -0.383 e. The highest BCUT2D eigenvalue weighted by Gasteiger charge is 2.18. The van der Waals surface area contributed by atoms with Crippen LogP contribution >= 0.6 is 11.3 Å². The Morgan fingerprint density at radius 1 is 1.42 bits per heavy atom. The molecule has 1 aromatic heterocycles. The Hall–Kier alpha value is -1.36. The van der Waals surface area contributed by atoms with Crippen molar-refractivity contribution in [1.82, 2.24) is 9.88 Å². The number of carbonyl (C=O) groups excluding carboxylic acids is 1.